The lowest BCUT2D eigenvalue weighted by Crippen LogP contribution is -2.25. The molecule has 0 bridgehead atoms. The van der Waals surface area contributed by atoms with Crippen molar-refractivity contribution >= 4 is 33.7 Å². The molecule has 4 aromatic carbocycles. The first-order valence-electron chi connectivity index (χ1n) is 20.4. The van der Waals surface area contributed by atoms with Crippen LogP contribution in [0.25, 0.3) is 44.1 Å². The topological polar surface area (TPSA) is 115 Å². The number of carbonyl (C=O) groups excluding carboxylic acids is 2. The number of nitrogens with zero attached hydrogens (tertiary/aromatic N) is 2. The summed E-state index contributed by atoms with van der Waals surface area (Å²) in [6.07, 6.45) is 4.93. The molecule has 0 aliphatic rings. The van der Waals surface area contributed by atoms with E-state index in [1.54, 1.807) is 14.2 Å². The number of hydrogen-bond donors (Lipinski definition) is 0. The molecule has 6 rings (SSSR count). The molecule has 0 aliphatic heterocycles. The molecule has 10 heteroatoms. The van der Waals surface area contributed by atoms with Crippen molar-refractivity contribution in [2.45, 2.75) is 66.2 Å². The van der Waals surface area contributed by atoms with Gasteiger partial charge in [-0.1, -0.05) is 60.7 Å². The van der Waals surface area contributed by atoms with Gasteiger partial charge in [-0.2, -0.15) is 0 Å². The fourth-order valence-corrected chi connectivity index (χ4v) is 6.94. The Bertz CT molecular complexity index is 2340. The Kier molecular flexibility index (Phi) is 15.9. The van der Waals surface area contributed by atoms with Gasteiger partial charge in [-0.25, -0.2) is 9.97 Å². The fourth-order valence-electron chi connectivity index (χ4n) is 6.94. The summed E-state index contributed by atoms with van der Waals surface area (Å²) >= 11 is 0. The minimum atomic E-state index is -0.477. The van der Waals surface area contributed by atoms with Crippen LogP contribution >= 0.6 is 0 Å². The van der Waals surface area contributed by atoms with Gasteiger partial charge in [0.2, 0.25) is 11.8 Å². The highest BCUT2D eigenvalue weighted by Crippen LogP contribution is 2.34. The zero-order valence-corrected chi connectivity index (χ0v) is 36.2. The van der Waals surface area contributed by atoms with Crippen LogP contribution in [0.3, 0.4) is 0 Å². The molecule has 0 atom stereocenters. The van der Waals surface area contributed by atoms with E-state index in [1.807, 2.05) is 119 Å². The Labute approximate surface area is 354 Å². The molecule has 6 aromatic rings. The maximum absolute atomic E-state index is 11.8. The number of para-hydroxylation sites is 2. The van der Waals surface area contributed by atoms with Crippen LogP contribution in [-0.2, 0) is 19.1 Å². The van der Waals surface area contributed by atoms with Crippen molar-refractivity contribution in [1.82, 2.24) is 9.97 Å². The van der Waals surface area contributed by atoms with Gasteiger partial charge in [-0.05, 0) is 125 Å². The molecule has 0 N–H and O–H groups in total. The number of pyridine rings is 2. The molecule has 0 unspecified atom stereocenters. The molecule has 0 spiro atoms. The van der Waals surface area contributed by atoms with Crippen molar-refractivity contribution in [1.29, 1.82) is 0 Å². The van der Waals surface area contributed by atoms with E-state index in [1.165, 1.54) is 14.2 Å². The van der Waals surface area contributed by atoms with Crippen LogP contribution in [0.15, 0.2) is 109 Å². The zero-order valence-electron chi connectivity index (χ0n) is 36.2. The summed E-state index contributed by atoms with van der Waals surface area (Å²) in [5.41, 5.74) is 5.10. The number of fused-ring (bicyclic) bond motifs is 2. The Morgan fingerprint density at radius 2 is 0.967 bits per heavy atom. The molecular weight excluding hydrogens is 757 g/mol. The van der Waals surface area contributed by atoms with Crippen molar-refractivity contribution in [2.75, 3.05) is 41.7 Å². The molecule has 0 saturated heterocycles. The van der Waals surface area contributed by atoms with Crippen LogP contribution < -0.4 is 18.9 Å². The Morgan fingerprint density at radius 3 is 1.43 bits per heavy atom. The van der Waals surface area contributed by atoms with Gasteiger partial charge in [0.25, 0.3) is 0 Å². The van der Waals surface area contributed by atoms with Crippen LogP contribution in [0.2, 0.25) is 0 Å². The second kappa shape index (κ2) is 21.2. The first-order valence-corrected chi connectivity index (χ1v) is 20.4. The molecule has 0 radical (unpaired) electrons. The molecule has 10 nitrogen and oxygen atoms in total. The van der Waals surface area contributed by atoms with Crippen molar-refractivity contribution in [2.24, 2.45) is 10.8 Å². The van der Waals surface area contributed by atoms with E-state index >= 15 is 0 Å². The van der Waals surface area contributed by atoms with E-state index in [-0.39, 0.29) is 11.9 Å². The third-order valence-electron chi connectivity index (χ3n) is 10.5. The maximum atomic E-state index is 11.8. The number of carbonyl (C=O) groups is 2. The van der Waals surface area contributed by atoms with E-state index in [2.05, 4.69) is 28.2 Å². The summed E-state index contributed by atoms with van der Waals surface area (Å²) in [4.78, 5) is 32.9. The molecule has 0 saturated carbocycles. The molecule has 0 amide bonds. The number of aromatic nitrogens is 2. The second-order valence-electron chi connectivity index (χ2n) is 15.9. The highest BCUT2D eigenvalue weighted by molar-refractivity contribution is 5.96. The smallest absolute Gasteiger partial charge is 0.311 e. The zero-order chi connectivity index (χ0) is 43.1. The number of ether oxygens (including phenoxy) is 6. The average Bonchev–Trinajstić information content (AvgIpc) is 3.27. The number of benzene rings is 4. The Balaban J connectivity index is 0.000000228. The quantitative estimate of drug-likeness (QED) is 0.0613. The van der Waals surface area contributed by atoms with Crippen molar-refractivity contribution in [3.63, 3.8) is 0 Å². The van der Waals surface area contributed by atoms with Crippen molar-refractivity contribution < 1.29 is 38.0 Å². The molecule has 2 aromatic heterocycles. The monoisotopic (exact) mass is 814 g/mol. The lowest BCUT2D eigenvalue weighted by molar-refractivity contribution is -0.151. The normalized spacial score (nSPS) is 11.3. The molecular formula is C50H58N2O8. The maximum Gasteiger partial charge on any atom is 0.311 e. The lowest BCUT2D eigenvalue weighted by atomic mass is 9.87. The summed E-state index contributed by atoms with van der Waals surface area (Å²) in [5, 5.41) is 2.15. The first-order chi connectivity index (χ1) is 28.9. The largest absolute Gasteiger partial charge is 0.497 e. The average molecular weight is 815 g/mol. The number of esters is 2. The van der Waals surface area contributed by atoms with Crippen molar-refractivity contribution in [3.8, 4) is 45.5 Å². The summed E-state index contributed by atoms with van der Waals surface area (Å²) in [6, 6.07) is 36.0. The summed E-state index contributed by atoms with van der Waals surface area (Å²) < 4.78 is 32.3. The van der Waals surface area contributed by atoms with E-state index < -0.39 is 10.8 Å². The summed E-state index contributed by atoms with van der Waals surface area (Å²) in [5.74, 6) is 2.48. The minimum absolute atomic E-state index is 0.177. The predicted molar refractivity (Wildman–Crippen MR) is 238 cm³/mol. The highest BCUT2D eigenvalue weighted by atomic mass is 16.5. The van der Waals surface area contributed by atoms with Gasteiger partial charge in [0.1, 0.15) is 11.5 Å². The van der Waals surface area contributed by atoms with Crippen LogP contribution in [0, 0.1) is 10.8 Å². The van der Waals surface area contributed by atoms with Crippen LogP contribution in [0.5, 0.6) is 23.3 Å². The van der Waals surface area contributed by atoms with Crippen molar-refractivity contribution in [3.05, 3.63) is 109 Å². The number of methoxy groups -OCH3 is 4. The Morgan fingerprint density at radius 1 is 0.500 bits per heavy atom. The first kappa shape index (κ1) is 44.9. The molecule has 316 valence electrons. The van der Waals surface area contributed by atoms with Gasteiger partial charge in [0.05, 0.1) is 63.5 Å². The summed E-state index contributed by atoms with van der Waals surface area (Å²) in [7, 11) is 6.19. The SMILES string of the molecule is COC(=O)C(C)(C)CCCCOc1cc(-c2ccc(OC)cc2)c2ccccc2n1.COC(=O)C(C)(C)CCCCOc1cc(-c2cccc(OC)c2)c2ccccc2n1. The van der Waals surface area contributed by atoms with Gasteiger partial charge >= 0.3 is 11.9 Å². The molecule has 0 fully saturated rings. The van der Waals surface area contributed by atoms with E-state index in [0.29, 0.717) is 25.0 Å². The fraction of sp³-hybridized carbons (Fsp3) is 0.360. The summed E-state index contributed by atoms with van der Waals surface area (Å²) in [6.45, 7) is 8.72. The third kappa shape index (κ3) is 12.0. The van der Waals surface area contributed by atoms with Gasteiger partial charge < -0.3 is 28.4 Å². The minimum Gasteiger partial charge on any atom is -0.497 e. The van der Waals surface area contributed by atoms with E-state index in [0.717, 1.165) is 94.1 Å². The van der Waals surface area contributed by atoms with Crippen LogP contribution in [0.1, 0.15) is 66.2 Å². The van der Waals surface area contributed by atoms with E-state index in [9.17, 15) is 9.59 Å². The standard InChI is InChI=1S/2C25H29NO4/c1-25(2,24(27)29-4)14-7-8-15-30-23-17-21(18-10-9-11-19(16-18)28-3)20-12-5-6-13-22(20)26-23;1-25(2,24(27)29-4)15-7-8-16-30-23-17-21(18-11-13-19(28-3)14-12-18)20-9-5-6-10-22(20)26-23/h5-6,9-13,16-17H,7-8,14-15H2,1-4H3;5-6,9-14,17H,7-8,15-16H2,1-4H3. The molecule has 0 aliphatic carbocycles. The molecule has 2 heterocycles. The van der Waals surface area contributed by atoms with Crippen LogP contribution in [0.4, 0.5) is 0 Å². The van der Waals surface area contributed by atoms with E-state index in [4.69, 9.17) is 28.4 Å². The number of unbranched alkanes of at least 4 members (excludes halogenated alkanes) is 2. The highest BCUT2D eigenvalue weighted by Gasteiger charge is 2.28. The number of rotatable bonds is 18. The number of hydrogen-bond acceptors (Lipinski definition) is 10. The molecule has 60 heavy (non-hydrogen) atoms. The van der Waals surface area contributed by atoms with Gasteiger partial charge in [0, 0.05) is 22.9 Å². The lowest BCUT2D eigenvalue weighted by Gasteiger charge is -2.21. The van der Waals surface area contributed by atoms with Gasteiger partial charge in [-0.3, -0.25) is 9.59 Å². The van der Waals surface area contributed by atoms with Gasteiger partial charge in [0.15, 0.2) is 0 Å². The Hall–Kier alpha value is -6.16. The second-order valence-corrected chi connectivity index (χ2v) is 15.9. The van der Waals surface area contributed by atoms with Crippen LogP contribution in [-0.4, -0.2) is 63.6 Å². The third-order valence-corrected chi connectivity index (χ3v) is 10.5. The predicted octanol–water partition coefficient (Wildman–Crippen LogP) is 11.3. The van der Waals surface area contributed by atoms with Gasteiger partial charge in [-0.15, -0.1) is 0 Å².